The predicted octanol–water partition coefficient (Wildman–Crippen LogP) is 4.08. The summed E-state index contributed by atoms with van der Waals surface area (Å²) in [5.74, 6) is -1.23. The van der Waals surface area contributed by atoms with Gasteiger partial charge >= 0.3 is 0 Å². The minimum atomic E-state index is -1.04. The number of ether oxygens (including phenoxy) is 2. The number of benzene rings is 2. The zero-order valence-corrected chi connectivity index (χ0v) is 16.5. The molecule has 0 fully saturated rings. The fraction of sp³-hybridized carbons (Fsp3) is 0.318. The van der Waals surface area contributed by atoms with Gasteiger partial charge in [-0.05, 0) is 49.2 Å². The Morgan fingerprint density at radius 3 is 2.48 bits per heavy atom. The van der Waals surface area contributed by atoms with Crippen LogP contribution in [0.15, 0.2) is 41.2 Å². The van der Waals surface area contributed by atoms with Gasteiger partial charge < -0.3 is 14.5 Å². The van der Waals surface area contributed by atoms with E-state index >= 15 is 0 Å². The number of H-pyrrole nitrogens is 1. The largest absolute Gasteiger partial charge is 0.497 e. The van der Waals surface area contributed by atoms with E-state index in [0.717, 1.165) is 29.0 Å². The van der Waals surface area contributed by atoms with Crippen molar-refractivity contribution in [3.05, 3.63) is 75.2 Å². The lowest BCUT2D eigenvalue weighted by molar-refractivity contribution is 0.0271. The molecule has 2 atom stereocenters. The van der Waals surface area contributed by atoms with Crippen LogP contribution in [0.25, 0.3) is 10.8 Å². The molecule has 0 spiro atoms. The van der Waals surface area contributed by atoms with Gasteiger partial charge in [0.1, 0.15) is 5.75 Å². The van der Waals surface area contributed by atoms with Gasteiger partial charge in [0.05, 0.1) is 31.8 Å². The van der Waals surface area contributed by atoms with Gasteiger partial charge in [-0.1, -0.05) is 12.1 Å². The number of methoxy groups -OCH3 is 1. The van der Waals surface area contributed by atoms with Gasteiger partial charge in [-0.3, -0.25) is 9.69 Å². The first-order chi connectivity index (χ1) is 13.9. The standard InChI is InChI=1S/C22H22F2N2O3/c1-12(13-4-6-14(28-3)7-5-13)26(2)20-11-29-10-19-21(20)15-8-17(23)18(24)9-16(15)22(27)25-19/h4-9,12,20H,10-11H2,1-3H3,(H,25,27)/t12-,20-/m1/s1. The Morgan fingerprint density at radius 1 is 1.17 bits per heavy atom. The van der Waals surface area contributed by atoms with Crippen LogP contribution < -0.4 is 10.3 Å². The molecule has 0 aliphatic carbocycles. The van der Waals surface area contributed by atoms with Crippen molar-refractivity contribution in [2.75, 3.05) is 20.8 Å². The van der Waals surface area contributed by atoms with E-state index in [1.165, 1.54) is 0 Å². The Balaban J connectivity index is 1.80. The second-order valence-corrected chi connectivity index (χ2v) is 7.30. The molecule has 1 N–H and O–H groups in total. The highest BCUT2D eigenvalue weighted by atomic mass is 19.2. The first-order valence-electron chi connectivity index (χ1n) is 9.38. The van der Waals surface area contributed by atoms with Crippen molar-refractivity contribution in [1.29, 1.82) is 0 Å². The van der Waals surface area contributed by atoms with Crippen LogP contribution in [-0.2, 0) is 11.3 Å². The maximum atomic E-state index is 14.0. The van der Waals surface area contributed by atoms with Gasteiger partial charge in [0, 0.05) is 17.3 Å². The molecule has 5 nitrogen and oxygen atoms in total. The van der Waals surface area contributed by atoms with E-state index in [4.69, 9.17) is 9.47 Å². The molecule has 4 rings (SSSR count). The average molecular weight is 400 g/mol. The smallest absolute Gasteiger partial charge is 0.256 e. The Hall–Kier alpha value is -2.77. The number of aromatic nitrogens is 1. The van der Waals surface area contributed by atoms with E-state index in [-0.39, 0.29) is 24.1 Å². The number of fused-ring (bicyclic) bond motifs is 3. The van der Waals surface area contributed by atoms with Crippen LogP contribution in [0.3, 0.4) is 0 Å². The molecule has 0 saturated heterocycles. The summed E-state index contributed by atoms with van der Waals surface area (Å²) in [7, 11) is 3.57. The third-order valence-electron chi connectivity index (χ3n) is 5.74. The lowest BCUT2D eigenvalue weighted by Gasteiger charge is -2.37. The molecule has 0 unspecified atom stereocenters. The topological polar surface area (TPSA) is 54.6 Å². The first-order valence-corrected chi connectivity index (χ1v) is 9.38. The summed E-state index contributed by atoms with van der Waals surface area (Å²) >= 11 is 0. The van der Waals surface area contributed by atoms with Crippen molar-refractivity contribution in [2.24, 2.45) is 0 Å². The highest BCUT2D eigenvalue weighted by Crippen LogP contribution is 2.37. The number of nitrogens with zero attached hydrogens (tertiary/aromatic N) is 1. The van der Waals surface area contributed by atoms with Crippen molar-refractivity contribution < 1.29 is 18.3 Å². The fourth-order valence-corrected chi connectivity index (χ4v) is 3.95. The number of hydrogen-bond acceptors (Lipinski definition) is 4. The molecular formula is C22H22F2N2O3. The second-order valence-electron chi connectivity index (χ2n) is 7.30. The van der Waals surface area contributed by atoms with Gasteiger partial charge in [-0.15, -0.1) is 0 Å². The van der Waals surface area contributed by atoms with Crippen LogP contribution >= 0.6 is 0 Å². The Kier molecular flexibility index (Phi) is 5.10. The number of halogens is 2. The van der Waals surface area contributed by atoms with Crippen molar-refractivity contribution in [1.82, 2.24) is 9.88 Å². The van der Waals surface area contributed by atoms with Crippen LogP contribution in [0.5, 0.6) is 5.75 Å². The maximum Gasteiger partial charge on any atom is 0.256 e. The highest BCUT2D eigenvalue weighted by Gasteiger charge is 2.31. The molecule has 0 radical (unpaired) electrons. The number of aromatic amines is 1. The van der Waals surface area contributed by atoms with Gasteiger partial charge in [0.25, 0.3) is 5.56 Å². The maximum absolute atomic E-state index is 14.0. The molecule has 2 aromatic carbocycles. The van der Waals surface area contributed by atoms with Gasteiger partial charge in [-0.2, -0.15) is 0 Å². The summed E-state index contributed by atoms with van der Waals surface area (Å²) in [6.07, 6.45) is 0. The number of nitrogens with one attached hydrogen (secondary N) is 1. The van der Waals surface area contributed by atoms with E-state index in [0.29, 0.717) is 17.7 Å². The number of likely N-dealkylation sites (N-methyl/N-ethyl adjacent to an activating group) is 1. The molecule has 152 valence electrons. The first kappa shape index (κ1) is 19.5. The van der Waals surface area contributed by atoms with E-state index in [1.807, 2.05) is 31.3 Å². The highest BCUT2D eigenvalue weighted by molar-refractivity contribution is 5.86. The second kappa shape index (κ2) is 7.57. The molecule has 1 aliphatic heterocycles. The number of pyridine rings is 1. The zero-order chi connectivity index (χ0) is 20.7. The molecule has 0 saturated carbocycles. The van der Waals surface area contributed by atoms with Crippen LogP contribution in [0.4, 0.5) is 8.78 Å². The SMILES string of the molecule is COc1ccc([C@@H](C)N(C)[C@@H]2COCc3[nH]c(=O)c4cc(F)c(F)cc4c32)cc1. The van der Waals surface area contributed by atoms with E-state index in [9.17, 15) is 13.6 Å². The molecule has 0 bridgehead atoms. The van der Waals surface area contributed by atoms with Gasteiger partial charge in [0.2, 0.25) is 0 Å². The summed E-state index contributed by atoms with van der Waals surface area (Å²) < 4.78 is 38.7. The third-order valence-corrected chi connectivity index (χ3v) is 5.74. The monoisotopic (exact) mass is 400 g/mol. The summed E-state index contributed by atoms with van der Waals surface area (Å²) in [6.45, 7) is 2.66. The molecule has 0 amide bonds. The van der Waals surface area contributed by atoms with Crippen molar-refractivity contribution in [3.63, 3.8) is 0 Å². The molecule has 3 aromatic rings. The Bertz CT molecular complexity index is 1110. The minimum absolute atomic E-state index is 0.00716. The van der Waals surface area contributed by atoms with Crippen LogP contribution in [-0.4, -0.2) is 30.6 Å². The lowest BCUT2D eigenvalue weighted by Crippen LogP contribution is -2.35. The van der Waals surface area contributed by atoms with E-state index < -0.39 is 17.2 Å². The van der Waals surface area contributed by atoms with Crippen molar-refractivity contribution >= 4 is 10.8 Å². The summed E-state index contributed by atoms with van der Waals surface area (Å²) in [4.78, 5) is 17.3. The lowest BCUT2D eigenvalue weighted by atomic mass is 9.94. The Labute approximate surface area is 166 Å². The normalized spacial score (nSPS) is 17.4. The summed E-state index contributed by atoms with van der Waals surface area (Å²) in [5.41, 5.74) is 1.99. The molecule has 1 aromatic heterocycles. The number of rotatable bonds is 4. The fourth-order valence-electron chi connectivity index (χ4n) is 3.95. The van der Waals surface area contributed by atoms with Crippen molar-refractivity contribution in [2.45, 2.75) is 25.6 Å². The molecular weight excluding hydrogens is 378 g/mol. The molecule has 2 heterocycles. The van der Waals surface area contributed by atoms with Gasteiger partial charge in [-0.25, -0.2) is 8.78 Å². The minimum Gasteiger partial charge on any atom is -0.497 e. The quantitative estimate of drug-likeness (QED) is 0.717. The van der Waals surface area contributed by atoms with Crippen molar-refractivity contribution in [3.8, 4) is 5.75 Å². The predicted molar refractivity (Wildman–Crippen MR) is 106 cm³/mol. The summed E-state index contributed by atoms with van der Waals surface area (Å²) in [6, 6.07) is 9.63. The van der Waals surface area contributed by atoms with E-state index in [2.05, 4.69) is 16.8 Å². The molecule has 1 aliphatic rings. The third kappa shape index (κ3) is 3.41. The summed E-state index contributed by atoms with van der Waals surface area (Å²) in [5, 5.41) is 0.560. The molecule has 29 heavy (non-hydrogen) atoms. The van der Waals surface area contributed by atoms with Crippen LogP contribution in [0.2, 0.25) is 0 Å². The Morgan fingerprint density at radius 2 is 1.83 bits per heavy atom. The average Bonchev–Trinajstić information content (AvgIpc) is 2.73. The van der Waals surface area contributed by atoms with Gasteiger partial charge in [0.15, 0.2) is 11.6 Å². The van der Waals surface area contributed by atoms with E-state index in [1.54, 1.807) is 7.11 Å². The van der Waals surface area contributed by atoms with Crippen LogP contribution in [0, 0.1) is 11.6 Å². The molecule has 7 heteroatoms. The van der Waals surface area contributed by atoms with Crippen LogP contribution in [0.1, 0.15) is 35.8 Å². The number of hydrogen-bond donors (Lipinski definition) is 1. The zero-order valence-electron chi connectivity index (χ0n) is 16.5.